The minimum Gasteiger partial charge on any atom is -0.465 e. The third kappa shape index (κ3) is 2.97. The van der Waals surface area contributed by atoms with Crippen LogP contribution < -0.4 is 4.74 Å². The van der Waals surface area contributed by atoms with E-state index in [0.29, 0.717) is 10.0 Å². The number of benzene rings is 2. The number of rotatable bonds is 1. The third-order valence-electron chi connectivity index (χ3n) is 5.83. The van der Waals surface area contributed by atoms with Crippen LogP contribution in [0.2, 0.25) is 10.0 Å². The van der Waals surface area contributed by atoms with Crippen molar-refractivity contribution in [2.24, 2.45) is 5.10 Å². The van der Waals surface area contributed by atoms with E-state index in [-0.39, 0.29) is 6.04 Å². The highest BCUT2D eigenvalue weighted by Gasteiger charge is 2.51. The number of nitrogens with zero attached hydrogens (tertiary/aromatic N) is 2. The number of halogens is 3. The fourth-order valence-corrected chi connectivity index (χ4v) is 5.36. The molecule has 5 rings (SSSR count). The molecule has 1 aliphatic carbocycles. The Hall–Kier alpha value is -1.23. The smallest absolute Gasteiger partial charge is 0.198 e. The molecule has 0 N–H and O–H groups in total. The van der Waals surface area contributed by atoms with Crippen LogP contribution in [-0.4, -0.2) is 16.4 Å². The van der Waals surface area contributed by atoms with E-state index >= 15 is 0 Å². The summed E-state index contributed by atoms with van der Waals surface area (Å²) in [5.41, 5.74) is 2.88. The van der Waals surface area contributed by atoms with Crippen molar-refractivity contribution in [2.45, 2.75) is 50.3 Å². The standard InChI is InChI=1S/C21H19BrCl2N2O/c22-14-6-4-13(5-7-14)18-12-19-16-10-15(23)11-17(24)20(16)27-21(26(19)25-18)8-2-1-3-9-21/h4-7,10-11,19H,1-3,8-9,12H2/t19-/m1/s1. The van der Waals surface area contributed by atoms with Crippen molar-refractivity contribution in [3.05, 3.63) is 62.0 Å². The van der Waals surface area contributed by atoms with Crippen molar-refractivity contribution in [1.82, 2.24) is 5.01 Å². The molecule has 2 heterocycles. The van der Waals surface area contributed by atoms with Crippen LogP contribution in [0, 0.1) is 0 Å². The molecule has 1 fully saturated rings. The van der Waals surface area contributed by atoms with E-state index < -0.39 is 5.72 Å². The predicted octanol–water partition coefficient (Wildman–Crippen LogP) is 6.96. The molecule has 2 aliphatic heterocycles. The Morgan fingerprint density at radius 2 is 1.81 bits per heavy atom. The van der Waals surface area contributed by atoms with E-state index in [9.17, 15) is 0 Å². The lowest BCUT2D eigenvalue weighted by Crippen LogP contribution is -2.54. The van der Waals surface area contributed by atoms with Crippen LogP contribution >= 0.6 is 39.1 Å². The van der Waals surface area contributed by atoms with Gasteiger partial charge in [-0.05, 0) is 42.7 Å². The van der Waals surface area contributed by atoms with Crippen LogP contribution in [0.15, 0.2) is 46.0 Å². The minimum absolute atomic E-state index is 0.113. The molecule has 0 bridgehead atoms. The fourth-order valence-electron chi connectivity index (χ4n) is 4.55. The van der Waals surface area contributed by atoms with Crippen molar-refractivity contribution < 1.29 is 4.74 Å². The normalized spacial score (nSPS) is 22.9. The monoisotopic (exact) mass is 464 g/mol. The van der Waals surface area contributed by atoms with Crippen LogP contribution in [0.5, 0.6) is 5.75 Å². The van der Waals surface area contributed by atoms with Gasteiger partial charge in [-0.2, -0.15) is 5.10 Å². The third-order valence-corrected chi connectivity index (χ3v) is 6.86. The topological polar surface area (TPSA) is 24.8 Å². The van der Waals surface area contributed by atoms with Crippen LogP contribution in [0.4, 0.5) is 0 Å². The molecule has 0 aromatic heterocycles. The zero-order chi connectivity index (χ0) is 18.6. The first-order valence-corrected chi connectivity index (χ1v) is 10.9. The predicted molar refractivity (Wildman–Crippen MR) is 113 cm³/mol. The maximum atomic E-state index is 6.58. The van der Waals surface area contributed by atoms with Gasteiger partial charge < -0.3 is 4.74 Å². The molecule has 1 saturated carbocycles. The highest BCUT2D eigenvalue weighted by molar-refractivity contribution is 9.10. The molecule has 1 atom stereocenters. The zero-order valence-electron chi connectivity index (χ0n) is 14.7. The Labute approximate surface area is 177 Å². The Morgan fingerprint density at radius 1 is 1.07 bits per heavy atom. The summed E-state index contributed by atoms with van der Waals surface area (Å²) < 4.78 is 7.65. The van der Waals surface area contributed by atoms with Crippen molar-refractivity contribution in [2.75, 3.05) is 0 Å². The number of ether oxygens (including phenoxy) is 1. The van der Waals surface area contributed by atoms with E-state index in [0.717, 1.165) is 59.2 Å². The summed E-state index contributed by atoms with van der Waals surface area (Å²) in [6.45, 7) is 0. The number of hydrogen-bond donors (Lipinski definition) is 0. The van der Waals surface area contributed by atoms with Gasteiger partial charge in [0.2, 0.25) is 0 Å². The number of hydrogen-bond acceptors (Lipinski definition) is 3. The first kappa shape index (κ1) is 17.8. The first-order valence-electron chi connectivity index (χ1n) is 9.36. The second kappa shape index (κ2) is 6.68. The Kier molecular flexibility index (Phi) is 4.41. The van der Waals surface area contributed by atoms with Crippen LogP contribution in [0.25, 0.3) is 0 Å². The van der Waals surface area contributed by atoms with E-state index in [4.69, 9.17) is 33.0 Å². The second-order valence-electron chi connectivity index (χ2n) is 7.53. The molecule has 0 radical (unpaired) electrons. The van der Waals surface area contributed by atoms with Crippen LogP contribution in [0.1, 0.15) is 55.7 Å². The minimum atomic E-state index is -0.398. The largest absolute Gasteiger partial charge is 0.465 e. The average Bonchev–Trinajstić information content (AvgIpc) is 3.11. The van der Waals surface area contributed by atoms with Crippen LogP contribution in [0.3, 0.4) is 0 Å². The summed E-state index contributed by atoms with van der Waals surface area (Å²) in [6, 6.07) is 12.2. The van der Waals surface area contributed by atoms with Gasteiger partial charge in [0.25, 0.3) is 0 Å². The molecule has 27 heavy (non-hydrogen) atoms. The van der Waals surface area contributed by atoms with Crippen molar-refractivity contribution >= 4 is 44.8 Å². The zero-order valence-corrected chi connectivity index (χ0v) is 17.8. The Balaban J connectivity index is 1.62. The lowest BCUT2D eigenvalue weighted by Gasteiger charge is -2.49. The van der Waals surface area contributed by atoms with Crippen LogP contribution in [-0.2, 0) is 0 Å². The average molecular weight is 466 g/mol. The number of fused-ring (bicyclic) bond motifs is 4. The molecule has 1 spiro atoms. The van der Waals surface area contributed by atoms with Gasteiger partial charge in [0, 0.05) is 34.3 Å². The van der Waals surface area contributed by atoms with Gasteiger partial charge in [0.05, 0.1) is 16.8 Å². The molecular weight excluding hydrogens is 447 g/mol. The molecule has 0 saturated heterocycles. The molecule has 0 amide bonds. The lowest BCUT2D eigenvalue weighted by atomic mass is 9.86. The van der Waals surface area contributed by atoms with Crippen molar-refractivity contribution in [1.29, 1.82) is 0 Å². The summed E-state index contributed by atoms with van der Waals surface area (Å²) in [5.74, 6) is 0.788. The molecule has 0 unspecified atom stereocenters. The summed E-state index contributed by atoms with van der Waals surface area (Å²) >= 11 is 16.4. The summed E-state index contributed by atoms with van der Waals surface area (Å²) in [4.78, 5) is 0. The highest BCUT2D eigenvalue weighted by Crippen LogP contribution is 2.53. The van der Waals surface area contributed by atoms with Gasteiger partial charge in [-0.25, -0.2) is 5.01 Å². The summed E-state index contributed by atoms with van der Waals surface area (Å²) in [5, 5.41) is 8.51. The molecule has 140 valence electrons. The van der Waals surface area contributed by atoms with Crippen molar-refractivity contribution in [3.8, 4) is 5.75 Å². The molecule has 2 aromatic carbocycles. The Morgan fingerprint density at radius 3 is 2.56 bits per heavy atom. The van der Waals surface area contributed by atoms with E-state index in [1.807, 2.05) is 6.07 Å². The molecule has 2 aromatic rings. The Bertz CT molecular complexity index is 923. The highest BCUT2D eigenvalue weighted by atomic mass is 79.9. The van der Waals surface area contributed by atoms with Gasteiger partial charge in [0.1, 0.15) is 5.75 Å². The van der Waals surface area contributed by atoms with Crippen molar-refractivity contribution in [3.63, 3.8) is 0 Å². The molecule has 3 aliphatic rings. The lowest BCUT2D eigenvalue weighted by molar-refractivity contribution is -0.140. The van der Waals surface area contributed by atoms with Gasteiger partial charge >= 0.3 is 0 Å². The SMILES string of the molecule is Clc1cc(Cl)c2c(c1)[C@H]1CC(c3ccc(Br)cc3)=NN1C1(CCCCC1)O2. The molecular formula is C21H19BrCl2N2O. The van der Waals surface area contributed by atoms with E-state index in [1.165, 1.54) is 6.42 Å². The second-order valence-corrected chi connectivity index (χ2v) is 9.29. The van der Waals surface area contributed by atoms with E-state index in [1.54, 1.807) is 6.07 Å². The van der Waals surface area contributed by atoms with Gasteiger partial charge in [-0.15, -0.1) is 0 Å². The summed E-state index contributed by atoms with van der Waals surface area (Å²) in [6.07, 6.45) is 6.31. The van der Waals surface area contributed by atoms with E-state index in [2.05, 4.69) is 45.2 Å². The first-order chi connectivity index (χ1) is 13.1. The fraction of sp³-hybridized carbons (Fsp3) is 0.381. The van der Waals surface area contributed by atoms with Gasteiger partial charge in [0.15, 0.2) is 5.72 Å². The van der Waals surface area contributed by atoms with Gasteiger partial charge in [-0.1, -0.05) is 57.7 Å². The molecule has 6 heteroatoms. The maximum Gasteiger partial charge on any atom is 0.198 e. The van der Waals surface area contributed by atoms with Gasteiger partial charge in [-0.3, -0.25) is 0 Å². The summed E-state index contributed by atoms with van der Waals surface area (Å²) in [7, 11) is 0. The maximum absolute atomic E-state index is 6.58. The number of hydrazone groups is 1. The molecule has 3 nitrogen and oxygen atoms in total. The quantitative estimate of drug-likeness (QED) is 0.454.